The highest BCUT2D eigenvalue weighted by atomic mass is 16.5. The number of carboxylic acid groups (broad SMARTS) is 1. The molecule has 2 rings (SSSR count). The minimum Gasteiger partial charge on any atom is -0.478 e. The van der Waals surface area contributed by atoms with Crippen LogP contribution in [0.2, 0.25) is 0 Å². The number of carboxylic acids is 1. The van der Waals surface area contributed by atoms with Crippen molar-refractivity contribution in [1.82, 2.24) is 5.32 Å². The Hall–Kier alpha value is -3.19. The monoisotopic (exact) mass is 356 g/mol. The first-order valence-corrected chi connectivity index (χ1v) is 7.92. The van der Waals surface area contributed by atoms with Crippen LogP contribution in [-0.4, -0.2) is 36.0 Å². The summed E-state index contributed by atoms with van der Waals surface area (Å²) < 4.78 is 5.24. The number of benzene rings is 2. The molecule has 0 fully saturated rings. The van der Waals surface area contributed by atoms with E-state index in [2.05, 4.69) is 5.32 Å². The molecule has 2 aromatic carbocycles. The van der Waals surface area contributed by atoms with Crippen molar-refractivity contribution in [2.24, 2.45) is 5.73 Å². The lowest BCUT2D eigenvalue weighted by Crippen LogP contribution is -2.47. The fourth-order valence-corrected chi connectivity index (χ4v) is 2.51. The van der Waals surface area contributed by atoms with E-state index in [9.17, 15) is 14.4 Å². The summed E-state index contributed by atoms with van der Waals surface area (Å²) in [5, 5.41) is 11.5. The minimum absolute atomic E-state index is 0.136. The van der Waals surface area contributed by atoms with E-state index in [0.29, 0.717) is 11.1 Å². The Bertz CT molecular complexity index is 774. The highest BCUT2D eigenvalue weighted by molar-refractivity contribution is 5.89. The van der Waals surface area contributed by atoms with Crippen LogP contribution in [0.1, 0.15) is 27.6 Å². The second-order valence-corrected chi connectivity index (χ2v) is 5.70. The van der Waals surface area contributed by atoms with Gasteiger partial charge in [-0.3, -0.25) is 9.59 Å². The highest BCUT2D eigenvalue weighted by Gasteiger charge is 2.25. The number of rotatable bonds is 8. The molecule has 0 heterocycles. The van der Waals surface area contributed by atoms with Crippen LogP contribution in [0, 0.1) is 0 Å². The van der Waals surface area contributed by atoms with E-state index in [0.717, 1.165) is 0 Å². The van der Waals surface area contributed by atoms with Crippen LogP contribution in [0.15, 0.2) is 54.6 Å². The van der Waals surface area contributed by atoms with Crippen LogP contribution >= 0.6 is 0 Å². The maximum absolute atomic E-state index is 12.5. The molecule has 7 nitrogen and oxygen atoms in total. The summed E-state index contributed by atoms with van der Waals surface area (Å²) in [7, 11) is 1.40. The number of hydrogen-bond donors (Lipinski definition) is 3. The summed E-state index contributed by atoms with van der Waals surface area (Å²) in [6, 6.07) is 14.0. The average molecular weight is 356 g/mol. The molecular formula is C19H20N2O5. The molecule has 2 amide bonds. The molecule has 0 saturated carbocycles. The summed E-state index contributed by atoms with van der Waals surface area (Å²) in [6.45, 7) is 0. The first kappa shape index (κ1) is 19.1. The van der Waals surface area contributed by atoms with Crippen LogP contribution < -0.4 is 11.1 Å². The van der Waals surface area contributed by atoms with E-state index in [-0.39, 0.29) is 12.0 Å². The van der Waals surface area contributed by atoms with Crippen LogP contribution in [0.25, 0.3) is 0 Å². The molecule has 2 atom stereocenters. The molecule has 0 aliphatic heterocycles. The lowest BCUT2D eigenvalue weighted by molar-refractivity contribution is -0.134. The van der Waals surface area contributed by atoms with Crippen molar-refractivity contribution in [3.05, 3.63) is 71.3 Å². The summed E-state index contributed by atoms with van der Waals surface area (Å²) >= 11 is 0. The van der Waals surface area contributed by atoms with E-state index < -0.39 is 29.9 Å². The first-order valence-electron chi connectivity index (χ1n) is 7.92. The number of methoxy groups -OCH3 is 1. The largest absolute Gasteiger partial charge is 0.478 e. The fourth-order valence-electron chi connectivity index (χ4n) is 2.51. The second kappa shape index (κ2) is 8.77. The van der Waals surface area contributed by atoms with Gasteiger partial charge in [0.1, 0.15) is 6.04 Å². The molecule has 0 aliphatic rings. The molecule has 0 aromatic heterocycles. The van der Waals surface area contributed by atoms with E-state index in [4.69, 9.17) is 15.6 Å². The standard InChI is InChI=1S/C19H20N2O5/c1-26-16(13-5-3-2-4-6-13)18(23)21-15(17(20)22)11-12-7-9-14(10-8-12)19(24)25/h2-10,15-16H,11H2,1H3,(H2,20,22)(H,21,23)(H,24,25)/t15-,16-/m0/s1. The van der Waals surface area contributed by atoms with Gasteiger partial charge in [-0.05, 0) is 23.3 Å². The number of amides is 2. The zero-order valence-electron chi connectivity index (χ0n) is 14.2. The maximum atomic E-state index is 12.5. The molecule has 0 spiro atoms. The van der Waals surface area contributed by atoms with E-state index in [1.54, 1.807) is 36.4 Å². The van der Waals surface area contributed by atoms with Crippen LogP contribution in [-0.2, 0) is 20.7 Å². The molecule has 0 radical (unpaired) electrons. The summed E-state index contributed by atoms with van der Waals surface area (Å²) in [5.41, 5.74) is 6.87. The number of primary amides is 1. The number of carbonyl (C=O) groups is 3. The fraction of sp³-hybridized carbons (Fsp3) is 0.211. The predicted octanol–water partition coefficient (Wildman–Crippen LogP) is 1.29. The molecule has 2 aromatic rings. The Kier molecular flexibility index (Phi) is 6.46. The maximum Gasteiger partial charge on any atom is 0.335 e. The molecule has 136 valence electrons. The van der Waals surface area contributed by atoms with Crippen molar-refractivity contribution < 1.29 is 24.2 Å². The average Bonchev–Trinajstić information content (AvgIpc) is 2.63. The first-order chi connectivity index (χ1) is 12.4. The number of aromatic carboxylic acids is 1. The van der Waals surface area contributed by atoms with Crippen LogP contribution in [0.5, 0.6) is 0 Å². The van der Waals surface area contributed by atoms with Gasteiger partial charge in [0.05, 0.1) is 5.56 Å². The molecule has 4 N–H and O–H groups in total. The van der Waals surface area contributed by atoms with Crippen molar-refractivity contribution in [3.63, 3.8) is 0 Å². The highest BCUT2D eigenvalue weighted by Crippen LogP contribution is 2.17. The van der Waals surface area contributed by atoms with Gasteiger partial charge in [0, 0.05) is 13.5 Å². The number of nitrogens with one attached hydrogen (secondary N) is 1. The Morgan fingerprint density at radius 2 is 1.69 bits per heavy atom. The van der Waals surface area contributed by atoms with Gasteiger partial charge >= 0.3 is 5.97 Å². The van der Waals surface area contributed by atoms with Gasteiger partial charge in [-0.1, -0.05) is 42.5 Å². The molecule has 7 heteroatoms. The van der Waals surface area contributed by atoms with Gasteiger partial charge in [0.15, 0.2) is 6.10 Å². The van der Waals surface area contributed by atoms with Crippen molar-refractivity contribution in [1.29, 1.82) is 0 Å². The summed E-state index contributed by atoms with van der Waals surface area (Å²) in [6.07, 6.45) is -0.723. The second-order valence-electron chi connectivity index (χ2n) is 5.70. The summed E-state index contributed by atoms with van der Waals surface area (Å²) in [4.78, 5) is 35.1. The van der Waals surface area contributed by atoms with Crippen molar-refractivity contribution in [3.8, 4) is 0 Å². The third kappa shape index (κ3) is 4.90. The van der Waals surface area contributed by atoms with Gasteiger partial charge in [0.2, 0.25) is 5.91 Å². The van der Waals surface area contributed by atoms with E-state index in [1.807, 2.05) is 6.07 Å². The Balaban J connectivity index is 2.10. The van der Waals surface area contributed by atoms with Crippen LogP contribution in [0.3, 0.4) is 0 Å². The van der Waals surface area contributed by atoms with Crippen molar-refractivity contribution in [2.45, 2.75) is 18.6 Å². The number of ether oxygens (including phenoxy) is 1. The van der Waals surface area contributed by atoms with Gasteiger partial charge < -0.3 is 20.9 Å². The van der Waals surface area contributed by atoms with Crippen molar-refractivity contribution >= 4 is 17.8 Å². The lowest BCUT2D eigenvalue weighted by atomic mass is 10.0. The van der Waals surface area contributed by atoms with Gasteiger partial charge in [-0.15, -0.1) is 0 Å². The third-order valence-electron chi connectivity index (χ3n) is 3.88. The SMILES string of the molecule is CO[C@H](C(=O)N[C@@H](Cc1ccc(C(=O)O)cc1)C(N)=O)c1ccccc1. The normalized spacial score (nSPS) is 12.8. The van der Waals surface area contributed by atoms with Gasteiger partial charge in [0.25, 0.3) is 5.91 Å². The molecule has 0 aliphatic carbocycles. The number of carbonyl (C=O) groups excluding carboxylic acids is 2. The third-order valence-corrected chi connectivity index (χ3v) is 3.88. The molecule has 26 heavy (non-hydrogen) atoms. The smallest absolute Gasteiger partial charge is 0.335 e. The zero-order valence-corrected chi connectivity index (χ0v) is 14.2. The molecule has 0 saturated heterocycles. The number of hydrogen-bond acceptors (Lipinski definition) is 4. The molecule has 0 unspecified atom stereocenters. The Labute approximate surface area is 150 Å². The lowest BCUT2D eigenvalue weighted by Gasteiger charge is -2.20. The summed E-state index contributed by atoms with van der Waals surface area (Å²) in [5.74, 6) is -2.21. The zero-order chi connectivity index (χ0) is 19.1. The van der Waals surface area contributed by atoms with Gasteiger partial charge in [-0.2, -0.15) is 0 Å². The Morgan fingerprint density at radius 3 is 2.19 bits per heavy atom. The molecular weight excluding hydrogens is 336 g/mol. The van der Waals surface area contributed by atoms with Crippen molar-refractivity contribution in [2.75, 3.05) is 7.11 Å². The minimum atomic E-state index is -1.04. The topological polar surface area (TPSA) is 119 Å². The number of nitrogens with two attached hydrogens (primary N) is 1. The van der Waals surface area contributed by atoms with E-state index >= 15 is 0 Å². The predicted molar refractivity (Wildman–Crippen MR) is 94.4 cm³/mol. The molecule has 0 bridgehead atoms. The van der Waals surface area contributed by atoms with Crippen LogP contribution in [0.4, 0.5) is 0 Å². The Morgan fingerprint density at radius 1 is 1.08 bits per heavy atom. The van der Waals surface area contributed by atoms with Gasteiger partial charge in [-0.25, -0.2) is 4.79 Å². The quantitative estimate of drug-likeness (QED) is 0.658. The van der Waals surface area contributed by atoms with E-state index in [1.165, 1.54) is 19.2 Å².